The van der Waals surface area contributed by atoms with E-state index in [0.29, 0.717) is 0 Å². The predicted molar refractivity (Wildman–Crippen MR) is 73.8 cm³/mol. The summed E-state index contributed by atoms with van der Waals surface area (Å²) in [5, 5.41) is 7.68. The summed E-state index contributed by atoms with van der Waals surface area (Å²) >= 11 is 3.46. The van der Waals surface area contributed by atoms with E-state index in [2.05, 4.69) is 57.5 Å². The quantitative estimate of drug-likeness (QED) is 0.943. The summed E-state index contributed by atoms with van der Waals surface area (Å²) in [6, 6.07) is 8.36. The van der Waals surface area contributed by atoms with E-state index in [0.717, 1.165) is 16.7 Å². The smallest absolute Gasteiger partial charge is 0.0675 e. The molecule has 3 nitrogen and oxygen atoms in total. The summed E-state index contributed by atoms with van der Waals surface area (Å²) in [5.41, 5.74) is 4.73. The van der Waals surface area contributed by atoms with Gasteiger partial charge >= 0.3 is 0 Å². The molecule has 17 heavy (non-hydrogen) atoms. The van der Waals surface area contributed by atoms with Crippen molar-refractivity contribution in [2.24, 2.45) is 7.05 Å². The molecule has 0 bridgehead atoms. The summed E-state index contributed by atoms with van der Waals surface area (Å²) in [6.45, 7) is 2.87. The number of nitrogens with one attached hydrogen (secondary N) is 1. The Bertz CT molecular complexity index is 514. The molecule has 0 radical (unpaired) electrons. The molecule has 0 amide bonds. The molecule has 0 saturated heterocycles. The van der Waals surface area contributed by atoms with Crippen LogP contribution in [-0.2, 0) is 13.6 Å². The highest BCUT2D eigenvalue weighted by Crippen LogP contribution is 2.28. The predicted octanol–water partition coefficient (Wildman–Crippen LogP) is 2.88. The van der Waals surface area contributed by atoms with Crippen LogP contribution in [0.4, 0.5) is 0 Å². The Morgan fingerprint density at radius 2 is 1.94 bits per heavy atom. The maximum Gasteiger partial charge on any atom is 0.0675 e. The van der Waals surface area contributed by atoms with E-state index in [9.17, 15) is 0 Å². The Labute approximate surface area is 110 Å². The molecule has 0 atom stereocenters. The Kier molecular flexibility index (Phi) is 3.64. The number of nitrogens with zero attached hydrogens (tertiary/aromatic N) is 2. The van der Waals surface area contributed by atoms with Crippen molar-refractivity contribution in [2.75, 3.05) is 7.05 Å². The number of hydrogen-bond donors (Lipinski definition) is 1. The summed E-state index contributed by atoms with van der Waals surface area (Å²) in [4.78, 5) is 0. The van der Waals surface area contributed by atoms with Crippen molar-refractivity contribution in [3.05, 3.63) is 40.1 Å². The van der Waals surface area contributed by atoms with Gasteiger partial charge in [-0.1, -0.05) is 28.1 Å². The molecule has 0 spiro atoms. The fourth-order valence-corrected chi connectivity index (χ4v) is 2.33. The topological polar surface area (TPSA) is 29.9 Å². The molecule has 4 heteroatoms. The van der Waals surface area contributed by atoms with Gasteiger partial charge in [0.25, 0.3) is 0 Å². The standard InChI is InChI=1S/C13H16BrN3/c1-9-13(10-4-6-11(14)7-5-10)12(8-15-2)17(3)16-9/h4-7,15H,8H2,1-3H3. The largest absolute Gasteiger partial charge is 0.314 e. The first-order valence-corrected chi connectivity index (χ1v) is 6.35. The summed E-state index contributed by atoms with van der Waals surface area (Å²) in [6.07, 6.45) is 0. The lowest BCUT2D eigenvalue weighted by Crippen LogP contribution is -2.10. The van der Waals surface area contributed by atoms with Crippen molar-refractivity contribution >= 4 is 15.9 Å². The molecule has 1 heterocycles. The molecule has 1 N–H and O–H groups in total. The van der Waals surface area contributed by atoms with Gasteiger partial charge in [0, 0.05) is 23.6 Å². The van der Waals surface area contributed by atoms with Crippen LogP contribution in [-0.4, -0.2) is 16.8 Å². The van der Waals surface area contributed by atoms with Crippen LogP contribution >= 0.6 is 15.9 Å². The highest BCUT2D eigenvalue weighted by molar-refractivity contribution is 9.10. The fraction of sp³-hybridized carbons (Fsp3) is 0.308. The van der Waals surface area contributed by atoms with Crippen LogP contribution in [0.3, 0.4) is 0 Å². The first-order valence-electron chi connectivity index (χ1n) is 5.56. The molecular formula is C13H16BrN3. The molecule has 0 unspecified atom stereocenters. The lowest BCUT2D eigenvalue weighted by Gasteiger charge is -2.06. The lowest BCUT2D eigenvalue weighted by atomic mass is 10.0. The van der Waals surface area contributed by atoms with Crippen molar-refractivity contribution in [2.45, 2.75) is 13.5 Å². The van der Waals surface area contributed by atoms with Crippen LogP contribution in [0.1, 0.15) is 11.4 Å². The second-order valence-electron chi connectivity index (χ2n) is 4.07. The number of halogens is 1. The first-order chi connectivity index (χ1) is 8.13. The van der Waals surface area contributed by atoms with Crippen LogP contribution in [0, 0.1) is 6.92 Å². The van der Waals surface area contributed by atoms with E-state index in [1.54, 1.807) is 0 Å². The molecule has 1 aromatic carbocycles. The fourth-order valence-electron chi connectivity index (χ4n) is 2.07. The van der Waals surface area contributed by atoms with Crippen LogP contribution in [0.5, 0.6) is 0 Å². The van der Waals surface area contributed by atoms with Crippen molar-refractivity contribution in [3.63, 3.8) is 0 Å². The zero-order chi connectivity index (χ0) is 12.4. The average Bonchev–Trinajstić information content (AvgIpc) is 2.56. The van der Waals surface area contributed by atoms with E-state index in [-0.39, 0.29) is 0 Å². The molecule has 0 saturated carbocycles. The third kappa shape index (κ3) is 2.42. The van der Waals surface area contributed by atoms with Gasteiger partial charge in [0.2, 0.25) is 0 Å². The molecule has 0 aliphatic carbocycles. The molecule has 0 aliphatic rings. The van der Waals surface area contributed by atoms with E-state index in [1.165, 1.54) is 16.8 Å². The number of hydrogen-bond acceptors (Lipinski definition) is 2. The Hall–Kier alpha value is -1.13. The van der Waals surface area contributed by atoms with E-state index in [4.69, 9.17) is 0 Å². The normalized spacial score (nSPS) is 10.8. The van der Waals surface area contributed by atoms with Gasteiger partial charge in [0.15, 0.2) is 0 Å². The molecule has 1 aromatic heterocycles. The average molecular weight is 294 g/mol. The van der Waals surface area contributed by atoms with Gasteiger partial charge in [-0.05, 0) is 31.7 Å². The monoisotopic (exact) mass is 293 g/mol. The van der Waals surface area contributed by atoms with Gasteiger partial charge in [-0.3, -0.25) is 4.68 Å². The highest BCUT2D eigenvalue weighted by Gasteiger charge is 2.13. The summed E-state index contributed by atoms with van der Waals surface area (Å²) in [7, 11) is 3.94. The van der Waals surface area contributed by atoms with Gasteiger partial charge in [-0.2, -0.15) is 5.10 Å². The maximum atomic E-state index is 4.49. The van der Waals surface area contributed by atoms with E-state index >= 15 is 0 Å². The molecular weight excluding hydrogens is 278 g/mol. The van der Waals surface area contributed by atoms with Crippen molar-refractivity contribution in [3.8, 4) is 11.1 Å². The molecule has 0 aliphatic heterocycles. The number of aryl methyl sites for hydroxylation is 2. The van der Waals surface area contributed by atoms with E-state index < -0.39 is 0 Å². The minimum Gasteiger partial charge on any atom is -0.314 e. The molecule has 0 fully saturated rings. The highest BCUT2D eigenvalue weighted by atomic mass is 79.9. The minimum atomic E-state index is 0.822. The zero-order valence-corrected chi connectivity index (χ0v) is 11.9. The zero-order valence-electron chi connectivity index (χ0n) is 10.3. The third-order valence-electron chi connectivity index (χ3n) is 2.82. The number of aromatic nitrogens is 2. The molecule has 90 valence electrons. The van der Waals surface area contributed by atoms with Crippen molar-refractivity contribution in [1.29, 1.82) is 0 Å². The Morgan fingerprint density at radius 1 is 1.29 bits per heavy atom. The van der Waals surface area contributed by atoms with Crippen LogP contribution in [0.15, 0.2) is 28.7 Å². The summed E-state index contributed by atoms with van der Waals surface area (Å²) < 4.78 is 3.04. The third-order valence-corrected chi connectivity index (χ3v) is 3.35. The van der Waals surface area contributed by atoms with Gasteiger partial charge in [0.05, 0.1) is 11.4 Å². The van der Waals surface area contributed by atoms with Crippen LogP contribution < -0.4 is 5.32 Å². The second-order valence-corrected chi connectivity index (χ2v) is 4.98. The maximum absolute atomic E-state index is 4.49. The number of rotatable bonds is 3. The minimum absolute atomic E-state index is 0.822. The van der Waals surface area contributed by atoms with Crippen molar-refractivity contribution in [1.82, 2.24) is 15.1 Å². The van der Waals surface area contributed by atoms with Gasteiger partial charge in [-0.15, -0.1) is 0 Å². The van der Waals surface area contributed by atoms with Crippen LogP contribution in [0.2, 0.25) is 0 Å². The molecule has 2 aromatic rings. The molecule has 2 rings (SSSR count). The van der Waals surface area contributed by atoms with E-state index in [1.807, 2.05) is 18.8 Å². The Morgan fingerprint density at radius 3 is 2.53 bits per heavy atom. The lowest BCUT2D eigenvalue weighted by molar-refractivity contribution is 0.669. The van der Waals surface area contributed by atoms with Gasteiger partial charge in [0.1, 0.15) is 0 Å². The van der Waals surface area contributed by atoms with Gasteiger partial charge in [-0.25, -0.2) is 0 Å². The first kappa shape index (κ1) is 12.3. The van der Waals surface area contributed by atoms with Gasteiger partial charge < -0.3 is 5.32 Å². The second kappa shape index (κ2) is 5.02. The van der Waals surface area contributed by atoms with Crippen molar-refractivity contribution < 1.29 is 0 Å². The number of benzene rings is 1. The Balaban J connectivity index is 2.53. The van der Waals surface area contributed by atoms with Crippen LogP contribution in [0.25, 0.3) is 11.1 Å². The SMILES string of the molecule is CNCc1c(-c2ccc(Br)cc2)c(C)nn1C. The summed E-state index contributed by atoms with van der Waals surface area (Å²) in [5.74, 6) is 0.